The van der Waals surface area contributed by atoms with Crippen molar-refractivity contribution in [2.75, 3.05) is 78.9 Å². The molecule has 0 aromatic carbocycles. The van der Waals surface area contributed by atoms with E-state index in [1.165, 1.54) is 0 Å². The molecular formula is C12H27N3O3. The van der Waals surface area contributed by atoms with Gasteiger partial charge in [-0.1, -0.05) is 0 Å². The van der Waals surface area contributed by atoms with Crippen LogP contribution in [0.4, 0.5) is 0 Å². The lowest BCUT2D eigenvalue weighted by molar-refractivity contribution is 0.0113. The third kappa shape index (κ3) is 8.79. The smallest absolute Gasteiger partial charge is 0.0701 e. The Kier molecular flexibility index (Phi) is 10.4. The third-order valence-corrected chi connectivity index (χ3v) is 2.77. The van der Waals surface area contributed by atoms with Gasteiger partial charge in [0.2, 0.25) is 0 Å². The predicted molar refractivity (Wildman–Crippen MR) is 70.8 cm³/mol. The van der Waals surface area contributed by atoms with Gasteiger partial charge < -0.3 is 25.3 Å². The van der Waals surface area contributed by atoms with E-state index in [1.807, 2.05) is 0 Å². The molecule has 0 bridgehead atoms. The van der Waals surface area contributed by atoms with Crippen LogP contribution in [-0.2, 0) is 14.2 Å². The molecular weight excluding hydrogens is 234 g/mol. The average Bonchev–Trinajstić information content (AvgIpc) is 2.42. The van der Waals surface area contributed by atoms with E-state index in [4.69, 9.17) is 19.9 Å². The molecule has 0 amide bonds. The van der Waals surface area contributed by atoms with Crippen LogP contribution in [0.2, 0.25) is 0 Å². The number of nitrogens with two attached hydrogens (primary N) is 1. The summed E-state index contributed by atoms with van der Waals surface area (Å²) in [5.74, 6) is 0. The summed E-state index contributed by atoms with van der Waals surface area (Å²) >= 11 is 0. The van der Waals surface area contributed by atoms with Gasteiger partial charge in [-0.2, -0.15) is 0 Å². The van der Waals surface area contributed by atoms with Gasteiger partial charge in [0, 0.05) is 39.3 Å². The minimum Gasteiger partial charge on any atom is -0.378 e. The molecule has 1 rings (SSSR count). The molecule has 1 fully saturated rings. The van der Waals surface area contributed by atoms with Crippen LogP contribution in [0, 0.1) is 0 Å². The molecule has 1 aliphatic rings. The van der Waals surface area contributed by atoms with E-state index in [1.54, 1.807) is 0 Å². The summed E-state index contributed by atoms with van der Waals surface area (Å²) in [7, 11) is 0. The van der Waals surface area contributed by atoms with Crippen molar-refractivity contribution in [2.24, 2.45) is 5.73 Å². The Morgan fingerprint density at radius 2 is 1.39 bits per heavy atom. The van der Waals surface area contributed by atoms with Crippen LogP contribution in [0.5, 0.6) is 0 Å². The van der Waals surface area contributed by atoms with Gasteiger partial charge >= 0.3 is 0 Å². The zero-order valence-corrected chi connectivity index (χ0v) is 11.2. The molecule has 3 N–H and O–H groups in total. The maximum atomic E-state index is 5.52. The Balaban J connectivity index is 1.73. The standard InChI is InChI=1S/C12H27N3O3/c13-1-7-16-9-11-18-12-10-17-8-6-15-4-2-14-3-5-15/h14H,1-13H2. The zero-order chi connectivity index (χ0) is 12.9. The number of hydrogen-bond acceptors (Lipinski definition) is 6. The van der Waals surface area contributed by atoms with E-state index < -0.39 is 0 Å². The van der Waals surface area contributed by atoms with E-state index in [9.17, 15) is 0 Å². The number of nitrogens with zero attached hydrogens (tertiary/aromatic N) is 1. The SMILES string of the molecule is NCCOCCOCCOCCN1CCNCC1. The second kappa shape index (κ2) is 11.8. The van der Waals surface area contributed by atoms with Crippen LogP contribution in [-0.4, -0.2) is 83.8 Å². The van der Waals surface area contributed by atoms with Gasteiger partial charge in [-0.3, -0.25) is 4.90 Å². The molecule has 1 aliphatic heterocycles. The van der Waals surface area contributed by atoms with Crippen molar-refractivity contribution < 1.29 is 14.2 Å². The maximum Gasteiger partial charge on any atom is 0.0701 e. The van der Waals surface area contributed by atoms with Crippen molar-refractivity contribution in [3.63, 3.8) is 0 Å². The first-order valence-corrected chi connectivity index (χ1v) is 6.80. The fourth-order valence-corrected chi connectivity index (χ4v) is 1.75. The molecule has 1 heterocycles. The summed E-state index contributed by atoms with van der Waals surface area (Å²) < 4.78 is 16.1. The van der Waals surface area contributed by atoms with Crippen molar-refractivity contribution in [3.8, 4) is 0 Å². The molecule has 0 aromatic rings. The van der Waals surface area contributed by atoms with Gasteiger partial charge in [-0.25, -0.2) is 0 Å². The van der Waals surface area contributed by atoms with Gasteiger partial charge in [0.05, 0.1) is 39.6 Å². The number of piperazine rings is 1. The van der Waals surface area contributed by atoms with Crippen molar-refractivity contribution in [2.45, 2.75) is 0 Å². The fourth-order valence-electron chi connectivity index (χ4n) is 1.75. The quantitative estimate of drug-likeness (QED) is 0.460. The Bertz CT molecular complexity index is 178. The number of nitrogens with one attached hydrogen (secondary N) is 1. The molecule has 0 aliphatic carbocycles. The van der Waals surface area contributed by atoms with Crippen molar-refractivity contribution >= 4 is 0 Å². The lowest BCUT2D eigenvalue weighted by atomic mass is 10.4. The van der Waals surface area contributed by atoms with Crippen LogP contribution in [0.15, 0.2) is 0 Å². The van der Waals surface area contributed by atoms with E-state index in [-0.39, 0.29) is 0 Å². The lowest BCUT2D eigenvalue weighted by Gasteiger charge is -2.26. The number of rotatable bonds is 11. The normalized spacial score (nSPS) is 17.2. The van der Waals surface area contributed by atoms with Gasteiger partial charge in [0.25, 0.3) is 0 Å². The first-order chi connectivity index (χ1) is 8.93. The van der Waals surface area contributed by atoms with Crippen molar-refractivity contribution in [3.05, 3.63) is 0 Å². The maximum absolute atomic E-state index is 5.52. The molecule has 0 unspecified atom stereocenters. The van der Waals surface area contributed by atoms with Gasteiger partial charge in [-0.15, -0.1) is 0 Å². The second-order valence-corrected chi connectivity index (χ2v) is 4.22. The van der Waals surface area contributed by atoms with E-state index >= 15 is 0 Å². The van der Waals surface area contributed by atoms with Crippen LogP contribution in [0.25, 0.3) is 0 Å². The van der Waals surface area contributed by atoms with Crippen molar-refractivity contribution in [1.82, 2.24) is 10.2 Å². The summed E-state index contributed by atoms with van der Waals surface area (Å²) in [6.45, 7) is 9.90. The number of hydrogen-bond donors (Lipinski definition) is 2. The highest BCUT2D eigenvalue weighted by Gasteiger charge is 2.07. The first-order valence-electron chi connectivity index (χ1n) is 6.80. The van der Waals surface area contributed by atoms with Crippen LogP contribution in [0.1, 0.15) is 0 Å². The molecule has 0 aromatic heterocycles. The Morgan fingerprint density at radius 3 is 2.00 bits per heavy atom. The van der Waals surface area contributed by atoms with E-state index in [2.05, 4.69) is 10.2 Å². The summed E-state index contributed by atoms with van der Waals surface area (Å²) in [6, 6.07) is 0. The summed E-state index contributed by atoms with van der Waals surface area (Å²) in [6.07, 6.45) is 0. The molecule has 6 heteroatoms. The van der Waals surface area contributed by atoms with Crippen LogP contribution in [0.3, 0.4) is 0 Å². The summed E-state index contributed by atoms with van der Waals surface area (Å²) in [5.41, 5.74) is 5.29. The molecule has 0 atom stereocenters. The first kappa shape index (κ1) is 15.8. The highest BCUT2D eigenvalue weighted by molar-refractivity contribution is 4.66. The lowest BCUT2D eigenvalue weighted by Crippen LogP contribution is -2.44. The van der Waals surface area contributed by atoms with E-state index in [0.29, 0.717) is 39.6 Å². The zero-order valence-electron chi connectivity index (χ0n) is 11.2. The summed E-state index contributed by atoms with van der Waals surface area (Å²) in [4.78, 5) is 2.41. The average molecular weight is 261 g/mol. The largest absolute Gasteiger partial charge is 0.378 e. The van der Waals surface area contributed by atoms with Gasteiger partial charge in [-0.05, 0) is 0 Å². The molecule has 6 nitrogen and oxygen atoms in total. The number of ether oxygens (including phenoxy) is 3. The third-order valence-electron chi connectivity index (χ3n) is 2.77. The van der Waals surface area contributed by atoms with Gasteiger partial charge in [0.1, 0.15) is 0 Å². The highest BCUT2D eigenvalue weighted by atomic mass is 16.5. The van der Waals surface area contributed by atoms with Crippen LogP contribution >= 0.6 is 0 Å². The predicted octanol–water partition coefficient (Wildman–Crippen LogP) is -1.10. The van der Waals surface area contributed by atoms with Crippen molar-refractivity contribution in [1.29, 1.82) is 0 Å². The second-order valence-electron chi connectivity index (χ2n) is 4.22. The minimum absolute atomic E-state index is 0.565. The van der Waals surface area contributed by atoms with Gasteiger partial charge in [0.15, 0.2) is 0 Å². The highest BCUT2D eigenvalue weighted by Crippen LogP contribution is 1.91. The molecule has 108 valence electrons. The molecule has 0 saturated carbocycles. The van der Waals surface area contributed by atoms with Crippen LogP contribution < -0.4 is 11.1 Å². The minimum atomic E-state index is 0.565. The molecule has 0 spiro atoms. The monoisotopic (exact) mass is 261 g/mol. The fraction of sp³-hybridized carbons (Fsp3) is 1.00. The van der Waals surface area contributed by atoms with E-state index in [0.717, 1.165) is 39.3 Å². The molecule has 0 radical (unpaired) electrons. The topological polar surface area (TPSA) is 69.0 Å². The summed E-state index contributed by atoms with van der Waals surface area (Å²) in [5, 5.41) is 3.33. The Labute approximate surface area is 110 Å². The molecule has 18 heavy (non-hydrogen) atoms. The molecule has 1 saturated heterocycles. The Morgan fingerprint density at radius 1 is 0.833 bits per heavy atom. The Hall–Kier alpha value is -0.240.